The molecule has 4 atom stereocenters. The van der Waals surface area contributed by atoms with E-state index in [1.165, 1.54) is 11.1 Å². The van der Waals surface area contributed by atoms with E-state index in [0.717, 1.165) is 43.2 Å². The highest BCUT2D eigenvalue weighted by Gasteiger charge is 2.56. The number of carbonyl (C=O) groups is 1. The Bertz CT molecular complexity index is 1110. The minimum Gasteiger partial charge on any atom is -0.508 e. The van der Waals surface area contributed by atoms with Crippen LogP contribution in [0.1, 0.15) is 55.2 Å². The first-order valence-corrected chi connectivity index (χ1v) is 11.8. The van der Waals surface area contributed by atoms with Crippen molar-refractivity contribution in [3.05, 3.63) is 52.6 Å². The van der Waals surface area contributed by atoms with Gasteiger partial charge in [-0.25, -0.2) is 0 Å². The zero-order chi connectivity index (χ0) is 23.3. The van der Waals surface area contributed by atoms with Gasteiger partial charge in [0.2, 0.25) is 5.75 Å². The van der Waals surface area contributed by atoms with Crippen LogP contribution in [0.5, 0.6) is 23.0 Å². The number of ether oxygens (including phenoxy) is 3. The topological polar surface area (TPSA) is 65.0 Å². The quantitative estimate of drug-likeness (QED) is 0.623. The van der Waals surface area contributed by atoms with Gasteiger partial charge in [0.1, 0.15) is 5.75 Å². The average molecular weight is 449 g/mol. The molecule has 0 spiro atoms. The molecule has 0 unspecified atom stereocenters. The van der Waals surface area contributed by atoms with Crippen molar-refractivity contribution in [2.45, 2.75) is 44.9 Å². The maximum atomic E-state index is 13.7. The Balaban J connectivity index is 1.49. The number of phenols is 1. The summed E-state index contributed by atoms with van der Waals surface area (Å²) in [5.74, 6) is 3.68. The van der Waals surface area contributed by atoms with Crippen molar-refractivity contribution in [3.63, 3.8) is 0 Å². The van der Waals surface area contributed by atoms with E-state index in [4.69, 9.17) is 14.2 Å². The van der Waals surface area contributed by atoms with Crippen molar-refractivity contribution in [2.75, 3.05) is 21.3 Å². The molecule has 3 aliphatic rings. The van der Waals surface area contributed by atoms with Crippen molar-refractivity contribution in [2.24, 2.45) is 17.3 Å². The van der Waals surface area contributed by atoms with Crippen LogP contribution in [0.3, 0.4) is 0 Å². The Morgan fingerprint density at radius 2 is 1.76 bits per heavy atom. The normalized spacial score (nSPS) is 29.3. The van der Waals surface area contributed by atoms with Crippen LogP contribution in [0.4, 0.5) is 0 Å². The highest BCUT2D eigenvalue weighted by molar-refractivity contribution is 6.06. The number of fused-ring (bicyclic) bond motifs is 5. The zero-order valence-corrected chi connectivity index (χ0v) is 19.8. The number of aromatic hydroxyl groups is 1. The van der Waals surface area contributed by atoms with E-state index >= 15 is 0 Å². The van der Waals surface area contributed by atoms with Gasteiger partial charge in [-0.1, -0.05) is 13.0 Å². The molecule has 0 amide bonds. The summed E-state index contributed by atoms with van der Waals surface area (Å²) in [7, 11) is 4.79. The Morgan fingerprint density at radius 1 is 1.03 bits per heavy atom. The lowest BCUT2D eigenvalue weighted by atomic mass is 9.55. The molecule has 0 saturated heterocycles. The van der Waals surface area contributed by atoms with E-state index in [-0.39, 0.29) is 11.2 Å². The van der Waals surface area contributed by atoms with Crippen molar-refractivity contribution in [3.8, 4) is 23.0 Å². The van der Waals surface area contributed by atoms with Gasteiger partial charge in [-0.05, 0) is 102 Å². The van der Waals surface area contributed by atoms with Gasteiger partial charge >= 0.3 is 0 Å². The minimum atomic E-state index is -0.304. The predicted octanol–water partition coefficient (Wildman–Crippen LogP) is 5.54. The SMILES string of the molecule is COc1cc(C=C2C[C@H]3[C@@H]4CCc5cc(O)ccc5[C@H]4CC[C@]3(C)C2=O)cc(OC)c1OC. The number of Topliss-reactive ketones (excluding diaryl/α,β-unsaturated/α-hetero) is 1. The second kappa shape index (κ2) is 8.12. The molecule has 33 heavy (non-hydrogen) atoms. The van der Waals surface area contributed by atoms with Crippen LogP contribution in [0, 0.1) is 17.3 Å². The van der Waals surface area contributed by atoms with Gasteiger partial charge in [0.05, 0.1) is 21.3 Å². The van der Waals surface area contributed by atoms with E-state index in [1.54, 1.807) is 21.3 Å². The average Bonchev–Trinajstić information content (AvgIpc) is 3.08. The number of phenolic OH excluding ortho intramolecular Hbond substituents is 1. The van der Waals surface area contributed by atoms with Crippen molar-refractivity contribution in [1.82, 2.24) is 0 Å². The Morgan fingerprint density at radius 3 is 2.42 bits per heavy atom. The number of benzene rings is 2. The molecule has 2 saturated carbocycles. The van der Waals surface area contributed by atoms with Gasteiger partial charge in [-0.2, -0.15) is 0 Å². The van der Waals surface area contributed by atoms with Gasteiger partial charge in [-0.15, -0.1) is 0 Å². The Kier molecular flexibility index (Phi) is 5.38. The number of hydrogen-bond donors (Lipinski definition) is 1. The molecule has 0 aliphatic heterocycles. The summed E-state index contributed by atoms with van der Waals surface area (Å²) in [5.41, 5.74) is 4.13. The molecular weight excluding hydrogens is 416 g/mol. The molecule has 2 aromatic carbocycles. The van der Waals surface area contributed by atoms with Gasteiger partial charge in [0.25, 0.3) is 0 Å². The molecule has 0 aromatic heterocycles. The molecular formula is C28H32O5. The fraction of sp³-hybridized carbons (Fsp3) is 0.464. The third-order valence-electron chi connectivity index (χ3n) is 8.38. The van der Waals surface area contributed by atoms with Crippen molar-refractivity contribution < 1.29 is 24.1 Å². The van der Waals surface area contributed by atoms with Gasteiger partial charge in [0.15, 0.2) is 17.3 Å². The standard InChI is InChI=1S/C28H32O5/c1-28-10-9-21-20-8-6-19(29)14-17(20)5-7-22(21)23(28)15-18(27(28)30)11-16-12-24(31-2)26(33-4)25(13-16)32-3/h6,8,11-14,21-23,29H,5,7,9-10,15H2,1-4H3/t21-,22-,23+,28+/m1/s1. The van der Waals surface area contributed by atoms with Gasteiger partial charge in [0, 0.05) is 5.41 Å². The summed E-state index contributed by atoms with van der Waals surface area (Å²) in [6, 6.07) is 9.64. The van der Waals surface area contributed by atoms with Crippen LogP contribution in [-0.4, -0.2) is 32.2 Å². The number of methoxy groups -OCH3 is 3. The molecule has 2 aromatic rings. The van der Waals surface area contributed by atoms with Gasteiger partial charge < -0.3 is 19.3 Å². The number of ketones is 1. The maximum absolute atomic E-state index is 13.7. The number of rotatable bonds is 4. The maximum Gasteiger partial charge on any atom is 0.203 e. The molecule has 174 valence electrons. The molecule has 5 heteroatoms. The molecule has 5 rings (SSSR count). The first-order chi connectivity index (χ1) is 15.9. The van der Waals surface area contributed by atoms with E-state index < -0.39 is 0 Å². The Labute approximate surface area is 195 Å². The van der Waals surface area contributed by atoms with E-state index in [2.05, 4.69) is 13.0 Å². The Hall–Kier alpha value is -2.95. The third kappa shape index (κ3) is 3.40. The van der Waals surface area contributed by atoms with E-state index in [1.807, 2.05) is 30.3 Å². The molecule has 0 heterocycles. The fourth-order valence-electron chi connectivity index (χ4n) is 6.75. The smallest absolute Gasteiger partial charge is 0.203 e. The van der Waals surface area contributed by atoms with Crippen LogP contribution < -0.4 is 14.2 Å². The lowest BCUT2D eigenvalue weighted by Gasteiger charge is -2.48. The number of carbonyl (C=O) groups excluding carboxylic acids is 1. The summed E-state index contributed by atoms with van der Waals surface area (Å²) in [6.45, 7) is 2.18. The number of hydrogen-bond acceptors (Lipinski definition) is 5. The lowest BCUT2D eigenvalue weighted by molar-refractivity contribution is -0.127. The van der Waals surface area contributed by atoms with Crippen LogP contribution in [-0.2, 0) is 11.2 Å². The first-order valence-electron chi connectivity index (χ1n) is 11.8. The summed E-state index contributed by atoms with van der Waals surface area (Å²) in [6.07, 6.45) is 6.80. The summed E-state index contributed by atoms with van der Waals surface area (Å²) in [4.78, 5) is 13.7. The fourth-order valence-corrected chi connectivity index (χ4v) is 6.75. The lowest BCUT2D eigenvalue weighted by Crippen LogP contribution is -2.42. The predicted molar refractivity (Wildman–Crippen MR) is 127 cm³/mol. The van der Waals surface area contributed by atoms with Crippen LogP contribution in [0.2, 0.25) is 0 Å². The highest BCUT2D eigenvalue weighted by Crippen LogP contribution is 2.61. The van der Waals surface area contributed by atoms with E-state index in [9.17, 15) is 9.90 Å². The van der Waals surface area contributed by atoms with E-state index in [0.29, 0.717) is 40.8 Å². The molecule has 5 nitrogen and oxygen atoms in total. The van der Waals surface area contributed by atoms with Crippen LogP contribution >= 0.6 is 0 Å². The second-order valence-electron chi connectivity index (χ2n) is 9.92. The minimum absolute atomic E-state index is 0.288. The second-order valence-corrected chi connectivity index (χ2v) is 9.92. The third-order valence-corrected chi connectivity index (χ3v) is 8.38. The summed E-state index contributed by atoms with van der Waals surface area (Å²) in [5, 5.41) is 9.91. The molecule has 2 fully saturated rings. The first kappa shape index (κ1) is 21.9. The largest absolute Gasteiger partial charge is 0.508 e. The van der Waals surface area contributed by atoms with Gasteiger partial charge in [-0.3, -0.25) is 4.79 Å². The van der Waals surface area contributed by atoms with Crippen molar-refractivity contribution in [1.29, 1.82) is 0 Å². The summed E-state index contributed by atoms with van der Waals surface area (Å²) < 4.78 is 16.4. The molecule has 3 aliphatic carbocycles. The van der Waals surface area contributed by atoms with Crippen molar-refractivity contribution >= 4 is 11.9 Å². The molecule has 1 N–H and O–H groups in total. The zero-order valence-electron chi connectivity index (χ0n) is 19.8. The molecule has 0 radical (unpaired) electrons. The number of aryl methyl sites for hydroxylation is 1. The van der Waals surface area contributed by atoms with Crippen LogP contribution in [0.15, 0.2) is 35.9 Å². The number of allylic oxidation sites excluding steroid dienone is 1. The monoisotopic (exact) mass is 448 g/mol. The van der Waals surface area contributed by atoms with Crippen LogP contribution in [0.25, 0.3) is 6.08 Å². The summed E-state index contributed by atoms with van der Waals surface area (Å²) >= 11 is 0. The highest BCUT2D eigenvalue weighted by atomic mass is 16.5. The molecule has 0 bridgehead atoms.